The quantitative estimate of drug-likeness (QED) is 0.842. The van der Waals surface area contributed by atoms with Gasteiger partial charge in [-0.15, -0.1) is 0 Å². The Balaban J connectivity index is 1.84. The number of piperazine rings is 1. The average molecular weight is 336 g/mol. The predicted octanol–water partition coefficient (Wildman–Crippen LogP) is 3.49. The van der Waals surface area contributed by atoms with E-state index in [0.29, 0.717) is 12.1 Å². The lowest BCUT2D eigenvalue weighted by atomic mass is 10.0. The number of hydrogen-bond acceptors (Lipinski definition) is 2. The Kier molecular flexibility index (Phi) is 4.62. The van der Waals surface area contributed by atoms with Crippen molar-refractivity contribution in [3.05, 3.63) is 64.7 Å². The molecule has 0 unspecified atom stereocenters. The molecule has 1 saturated heterocycles. The molecule has 1 aliphatic heterocycles. The van der Waals surface area contributed by atoms with E-state index in [2.05, 4.69) is 0 Å². The summed E-state index contributed by atoms with van der Waals surface area (Å²) in [6.45, 7) is 8.59. The van der Waals surface area contributed by atoms with E-state index in [1.807, 2.05) is 70.2 Å². The Morgan fingerprint density at radius 3 is 2.32 bits per heavy atom. The van der Waals surface area contributed by atoms with E-state index in [4.69, 9.17) is 0 Å². The fraction of sp³-hybridized carbons (Fsp3) is 0.333. The number of benzene rings is 2. The average Bonchev–Trinajstić information content (AvgIpc) is 2.56. The van der Waals surface area contributed by atoms with Gasteiger partial charge in [0.2, 0.25) is 5.91 Å². The van der Waals surface area contributed by atoms with Crippen LogP contribution in [-0.4, -0.2) is 35.8 Å². The fourth-order valence-corrected chi connectivity index (χ4v) is 3.49. The molecule has 2 aromatic carbocycles. The van der Waals surface area contributed by atoms with E-state index >= 15 is 0 Å². The van der Waals surface area contributed by atoms with E-state index in [0.717, 1.165) is 22.4 Å². The van der Waals surface area contributed by atoms with Gasteiger partial charge in [-0.2, -0.15) is 0 Å². The number of nitrogens with zero attached hydrogens (tertiary/aromatic N) is 2. The van der Waals surface area contributed by atoms with Gasteiger partial charge in [-0.3, -0.25) is 9.59 Å². The summed E-state index contributed by atoms with van der Waals surface area (Å²) in [5.41, 5.74) is 4.76. The maximum Gasteiger partial charge on any atom is 0.254 e. The number of anilines is 1. The van der Waals surface area contributed by atoms with E-state index in [1.165, 1.54) is 0 Å². The summed E-state index contributed by atoms with van der Waals surface area (Å²) in [6.07, 6.45) is 0. The molecular formula is C21H24N2O2. The predicted molar refractivity (Wildman–Crippen MR) is 99.9 cm³/mol. The van der Waals surface area contributed by atoms with Crippen LogP contribution < -0.4 is 4.90 Å². The van der Waals surface area contributed by atoms with Crippen molar-refractivity contribution in [3.63, 3.8) is 0 Å². The minimum atomic E-state index is -0.0721. The monoisotopic (exact) mass is 336 g/mol. The Hall–Kier alpha value is -2.62. The maximum absolute atomic E-state index is 12.9. The summed E-state index contributed by atoms with van der Waals surface area (Å²) >= 11 is 0. The molecule has 1 aliphatic rings. The van der Waals surface area contributed by atoms with Gasteiger partial charge in [-0.25, -0.2) is 0 Å². The van der Waals surface area contributed by atoms with Gasteiger partial charge >= 0.3 is 0 Å². The standard InChI is InChI=1S/C21H24N2O2/c1-14-9-15(2)11-18(10-14)21(25)22-13-20(24)23(12-17(22)4)19-8-6-5-7-16(19)3/h5-11,17H,12-13H2,1-4H3/t17-/m1/s1. The van der Waals surface area contributed by atoms with E-state index in [1.54, 1.807) is 9.80 Å². The highest BCUT2D eigenvalue weighted by Gasteiger charge is 2.34. The highest BCUT2D eigenvalue weighted by Crippen LogP contribution is 2.24. The van der Waals surface area contributed by atoms with Gasteiger partial charge in [0, 0.05) is 23.8 Å². The number of carbonyl (C=O) groups is 2. The van der Waals surface area contributed by atoms with Crippen molar-refractivity contribution in [2.75, 3.05) is 18.0 Å². The normalized spacial score (nSPS) is 17.8. The first-order chi connectivity index (χ1) is 11.9. The zero-order valence-corrected chi connectivity index (χ0v) is 15.2. The second-order valence-corrected chi connectivity index (χ2v) is 6.95. The molecule has 4 nitrogen and oxygen atoms in total. The van der Waals surface area contributed by atoms with Crippen LogP contribution in [0.5, 0.6) is 0 Å². The highest BCUT2D eigenvalue weighted by atomic mass is 16.2. The van der Waals surface area contributed by atoms with Crippen LogP contribution in [0.1, 0.15) is 34.0 Å². The third kappa shape index (κ3) is 3.43. The highest BCUT2D eigenvalue weighted by molar-refractivity contribution is 6.02. The van der Waals surface area contributed by atoms with Crippen LogP contribution in [-0.2, 0) is 4.79 Å². The van der Waals surface area contributed by atoms with Crippen molar-refractivity contribution >= 4 is 17.5 Å². The summed E-state index contributed by atoms with van der Waals surface area (Å²) in [5, 5.41) is 0. The Morgan fingerprint density at radius 1 is 1.04 bits per heavy atom. The Labute approximate surface area is 149 Å². The molecule has 0 spiro atoms. The van der Waals surface area contributed by atoms with Gasteiger partial charge in [0.05, 0.1) is 0 Å². The van der Waals surface area contributed by atoms with Gasteiger partial charge < -0.3 is 9.80 Å². The van der Waals surface area contributed by atoms with Gasteiger partial charge in [-0.1, -0.05) is 35.4 Å². The first-order valence-electron chi connectivity index (χ1n) is 8.62. The van der Waals surface area contributed by atoms with Crippen molar-refractivity contribution in [1.82, 2.24) is 4.90 Å². The lowest BCUT2D eigenvalue weighted by Gasteiger charge is -2.40. The third-order valence-electron chi connectivity index (χ3n) is 4.72. The van der Waals surface area contributed by atoms with Crippen LogP contribution in [0.15, 0.2) is 42.5 Å². The molecule has 1 fully saturated rings. The molecule has 4 heteroatoms. The molecule has 2 aromatic rings. The van der Waals surface area contributed by atoms with Crippen LogP contribution in [0.4, 0.5) is 5.69 Å². The molecule has 0 N–H and O–H groups in total. The smallest absolute Gasteiger partial charge is 0.254 e. The third-order valence-corrected chi connectivity index (χ3v) is 4.72. The SMILES string of the molecule is Cc1cc(C)cc(C(=O)N2CC(=O)N(c3ccccc3C)C[C@H]2C)c1. The van der Waals surface area contributed by atoms with E-state index in [-0.39, 0.29) is 24.4 Å². The number of amides is 2. The number of para-hydroxylation sites is 1. The second-order valence-electron chi connectivity index (χ2n) is 6.95. The summed E-state index contributed by atoms with van der Waals surface area (Å²) in [5.74, 6) is -0.109. The number of aryl methyl sites for hydroxylation is 3. The Morgan fingerprint density at radius 2 is 1.68 bits per heavy atom. The van der Waals surface area contributed by atoms with Gasteiger partial charge in [0.1, 0.15) is 6.54 Å². The molecule has 0 aliphatic carbocycles. The largest absolute Gasteiger partial charge is 0.325 e. The van der Waals surface area contributed by atoms with Gasteiger partial charge in [0.25, 0.3) is 5.91 Å². The number of hydrogen-bond donors (Lipinski definition) is 0. The van der Waals surface area contributed by atoms with Crippen molar-refractivity contribution in [3.8, 4) is 0 Å². The van der Waals surface area contributed by atoms with Gasteiger partial charge in [-0.05, 0) is 51.5 Å². The lowest BCUT2D eigenvalue weighted by Crippen LogP contribution is -2.57. The molecule has 1 heterocycles. The van der Waals surface area contributed by atoms with Crippen molar-refractivity contribution < 1.29 is 9.59 Å². The molecule has 0 saturated carbocycles. The molecule has 0 radical (unpaired) electrons. The zero-order chi connectivity index (χ0) is 18.1. The molecule has 130 valence electrons. The van der Waals surface area contributed by atoms with Crippen molar-refractivity contribution in [2.45, 2.75) is 33.7 Å². The summed E-state index contributed by atoms with van der Waals surface area (Å²) in [4.78, 5) is 29.1. The van der Waals surface area contributed by atoms with Crippen molar-refractivity contribution in [2.24, 2.45) is 0 Å². The first-order valence-corrected chi connectivity index (χ1v) is 8.62. The Bertz CT molecular complexity index is 808. The second kappa shape index (κ2) is 6.71. The van der Waals surface area contributed by atoms with Crippen LogP contribution in [0.25, 0.3) is 0 Å². The van der Waals surface area contributed by atoms with Crippen LogP contribution >= 0.6 is 0 Å². The zero-order valence-electron chi connectivity index (χ0n) is 15.2. The van der Waals surface area contributed by atoms with Crippen molar-refractivity contribution in [1.29, 1.82) is 0 Å². The number of rotatable bonds is 2. The summed E-state index contributed by atoms with van der Waals surface area (Å²) < 4.78 is 0. The van der Waals surface area contributed by atoms with Gasteiger partial charge in [0.15, 0.2) is 0 Å². The van der Waals surface area contributed by atoms with Crippen LogP contribution in [0.2, 0.25) is 0 Å². The summed E-state index contributed by atoms with van der Waals surface area (Å²) in [6, 6.07) is 13.6. The topological polar surface area (TPSA) is 40.6 Å². The minimum Gasteiger partial charge on any atom is -0.325 e. The molecule has 0 bridgehead atoms. The van der Waals surface area contributed by atoms with E-state index in [9.17, 15) is 9.59 Å². The minimum absolute atomic E-state index is 0.0365. The maximum atomic E-state index is 12.9. The molecule has 3 rings (SSSR count). The molecular weight excluding hydrogens is 312 g/mol. The van der Waals surface area contributed by atoms with Crippen LogP contribution in [0, 0.1) is 20.8 Å². The molecule has 25 heavy (non-hydrogen) atoms. The molecule has 2 amide bonds. The van der Waals surface area contributed by atoms with E-state index < -0.39 is 0 Å². The number of carbonyl (C=O) groups excluding carboxylic acids is 2. The fourth-order valence-electron chi connectivity index (χ4n) is 3.49. The first kappa shape index (κ1) is 17.2. The van der Waals surface area contributed by atoms with Crippen LogP contribution in [0.3, 0.4) is 0 Å². The molecule has 0 aromatic heterocycles. The molecule has 1 atom stereocenters. The summed E-state index contributed by atoms with van der Waals surface area (Å²) in [7, 11) is 0. The lowest BCUT2D eigenvalue weighted by molar-refractivity contribution is -0.121.